The van der Waals surface area contributed by atoms with Crippen LogP contribution in [0.5, 0.6) is 5.75 Å². The van der Waals surface area contributed by atoms with Gasteiger partial charge in [0.1, 0.15) is 36.0 Å². The Morgan fingerprint density at radius 2 is 1.51 bits per heavy atom. The van der Waals surface area contributed by atoms with E-state index in [0.717, 1.165) is 21.6 Å². The summed E-state index contributed by atoms with van der Waals surface area (Å²) in [6.07, 6.45) is -0.975. The fourth-order valence-corrected chi connectivity index (χ4v) is 7.27. The number of amides is 3. The Morgan fingerprint density at radius 1 is 0.867 bits per heavy atom. The molecule has 45 heavy (non-hydrogen) atoms. The number of imide groups is 1. The molecule has 3 aliphatic rings. The molecule has 3 fully saturated rings. The normalized spacial score (nSPS) is 26.8. The van der Waals surface area contributed by atoms with Gasteiger partial charge >= 0.3 is 12.1 Å². The summed E-state index contributed by atoms with van der Waals surface area (Å²) in [6, 6.07) is 26.1. The van der Waals surface area contributed by atoms with Gasteiger partial charge in [-0.15, -0.1) is 11.8 Å². The summed E-state index contributed by atoms with van der Waals surface area (Å²) in [7, 11) is 1.60. The molecule has 238 valence electrons. The van der Waals surface area contributed by atoms with E-state index in [4.69, 9.17) is 28.4 Å². The Labute approximate surface area is 267 Å². The lowest BCUT2D eigenvalue weighted by atomic mass is 10.0. The maximum absolute atomic E-state index is 14.4. The topological polar surface area (TPSA) is 96.0 Å². The number of rotatable bonds is 10. The van der Waals surface area contributed by atoms with Gasteiger partial charge in [0.25, 0.3) is 0 Å². The van der Waals surface area contributed by atoms with Gasteiger partial charge in [-0.1, -0.05) is 72.8 Å². The largest absolute Gasteiger partial charge is 0.497 e. The summed E-state index contributed by atoms with van der Waals surface area (Å²) in [6.45, 7) is 4.38. The molecule has 0 radical (unpaired) electrons. The molecule has 5 atom stereocenters. The van der Waals surface area contributed by atoms with Gasteiger partial charge in [0, 0.05) is 6.54 Å². The number of carbonyl (C=O) groups excluding carboxylic acids is 2. The minimum absolute atomic E-state index is 0.0114. The lowest BCUT2D eigenvalue weighted by Gasteiger charge is -2.39. The molecule has 0 bridgehead atoms. The van der Waals surface area contributed by atoms with Crippen molar-refractivity contribution in [2.45, 2.75) is 68.8 Å². The zero-order chi connectivity index (χ0) is 31.6. The third kappa shape index (κ3) is 6.15. The van der Waals surface area contributed by atoms with Crippen LogP contribution in [-0.4, -0.2) is 77.1 Å². The summed E-state index contributed by atoms with van der Waals surface area (Å²) in [4.78, 5) is 31.1. The third-order valence-electron chi connectivity index (χ3n) is 8.18. The number of benzene rings is 3. The standard InChI is InChI=1S/C34H38N2O8S/c1-33(2)43-28-27(22-40-20-24-11-7-5-8-12-24)42-34(29(28)44-33)30(45-4)35(19-23-15-17-26(39-3)18-16-23)31(37)36(34)32(38)41-21-25-13-9-6-10-14-25/h5-18,27-30H,19-22H2,1-4H3/t27-,28+,29-,30?,34+/m1/s1. The highest BCUT2D eigenvalue weighted by Gasteiger charge is 2.75. The minimum Gasteiger partial charge on any atom is -0.497 e. The van der Waals surface area contributed by atoms with Crippen molar-refractivity contribution in [3.05, 3.63) is 102 Å². The van der Waals surface area contributed by atoms with Gasteiger partial charge in [-0.3, -0.25) is 0 Å². The van der Waals surface area contributed by atoms with E-state index < -0.39 is 47.3 Å². The van der Waals surface area contributed by atoms with Gasteiger partial charge in [0.05, 0.1) is 20.3 Å². The van der Waals surface area contributed by atoms with Gasteiger partial charge in [-0.25, -0.2) is 9.59 Å². The zero-order valence-corrected chi connectivity index (χ0v) is 26.6. The minimum atomic E-state index is -1.56. The highest BCUT2D eigenvalue weighted by molar-refractivity contribution is 7.99. The van der Waals surface area contributed by atoms with E-state index in [9.17, 15) is 9.59 Å². The Hall–Kier alpha value is -3.61. The smallest absolute Gasteiger partial charge is 0.420 e. The molecule has 3 aliphatic heterocycles. The first-order chi connectivity index (χ1) is 21.8. The van der Waals surface area contributed by atoms with Crippen molar-refractivity contribution in [3.63, 3.8) is 0 Å². The summed E-state index contributed by atoms with van der Waals surface area (Å²) < 4.78 is 36.9. The number of fused-ring (bicyclic) bond motifs is 2. The van der Waals surface area contributed by atoms with Crippen molar-refractivity contribution in [3.8, 4) is 5.75 Å². The lowest BCUT2D eigenvalue weighted by molar-refractivity contribution is -0.234. The fraction of sp³-hybridized carbons (Fsp3) is 0.412. The first-order valence-corrected chi connectivity index (χ1v) is 16.2. The maximum atomic E-state index is 14.4. The predicted molar refractivity (Wildman–Crippen MR) is 167 cm³/mol. The first kappa shape index (κ1) is 31.4. The molecule has 6 rings (SSSR count). The monoisotopic (exact) mass is 634 g/mol. The van der Waals surface area contributed by atoms with Crippen molar-refractivity contribution in [1.29, 1.82) is 0 Å². The third-order valence-corrected chi connectivity index (χ3v) is 9.22. The van der Waals surface area contributed by atoms with E-state index in [1.807, 2.05) is 105 Å². The van der Waals surface area contributed by atoms with Gasteiger partial charge < -0.3 is 33.3 Å². The van der Waals surface area contributed by atoms with Crippen molar-refractivity contribution < 1.29 is 38.0 Å². The van der Waals surface area contributed by atoms with Gasteiger partial charge in [0.15, 0.2) is 5.79 Å². The second-order valence-corrected chi connectivity index (χ2v) is 12.6. The molecular weight excluding hydrogens is 596 g/mol. The van der Waals surface area contributed by atoms with Crippen LogP contribution >= 0.6 is 11.8 Å². The van der Waals surface area contributed by atoms with Crippen LogP contribution in [0.1, 0.15) is 30.5 Å². The number of urea groups is 1. The summed E-state index contributed by atoms with van der Waals surface area (Å²) in [5, 5.41) is -0.652. The SMILES string of the molecule is COc1ccc(CN2C(=O)N(C(=O)OCc3ccccc3)[C@@]3(O[C@H](COCc4ccccc4)[C@@H]4OC(C)(C)O[C@H]43)C2SC)cc1. The molecule has 3 heterocycles. The summed E-state index contributed by atoms with van der Waals surface area (Å²) in [5.41, 5.74) is 1.11. The molecule has 10 nitrogen and oxygen atoms in total. The molecule has 0 saturated carbocycles. The number of nitrogens with zero attached hydrogens (tertiary/aromatic N) is 2. The molecule has 0 aliphatic carbocycles. The Bertz CT molecular complexity index is 1470. The average molecular weight is 635 g/mol. The van der Waals surface area contributed by atoms with E-state index >= 15 is 0 Å². The zero-order valence-electron chi connectivity index (χ0n) is 25.8. The lowest BCUT2D eigenvalue weighted by Crippen LogP contribution is -2.61. The predicted octanol–water partition coefficient (Wildman–Crippen LogP) is 5.79. The molecule has 1 spiro atoms. The average Bonchev–Trinajstić information content (AvgIpc) is 3.61. The van der Waals surface area contributed by atoms with Crippen LogP contribution < -0.4 is 4.74 Å². The van der Waals surface area contributed by atoms with E-state index in [2.05, 4.69) is 0 Å². The molecule has 11 heteroatoms. The number of thioether (sulfide) groups is 1. The van der Waals surface area contributed by atoms with Crippen molar-refractivity contribution in [2.24, 2.45) is 0 Å². The van der Waals surface area contributed by atoms with Crippen LogP contribution in [0.4, 0.5) is 9.59 Å². The Balaban J connectivity index is 1.34. The molecule has 0 N–H and O–H groups in total. The molecule has 3 aromatic carbocycles. The van der Waals surface area contributed by atoms with E-state index in [1.54, 1.807) is 12.0 Å². The Kier molecular flexibility index (Phi) is 9.07. The van der Waals surface area contributed by atoms with E-state index in [1.165, 1.54) is 11.8 Å². The molecule has 3 amide bonds. The van der Waals surface area contributed by atoms with Crippen molar-refractivity contribution >= 4 is 23.9 Å². The van der Waals surface area contributed by atoms with Crippen molar-refractivity contribution in [2.75, 3.05) is 20.0 Å². The van der Waals surface area contributed by atoms with Crippen LogP contribution in [0.15, 0.2) is 84.9 Å². The van der Waals surface area contributed by atoms with Gasteiger partial charge in [0.2, 0.25) is 5.72 Å². The quantitative estimate of drug-likeness (QED) is 0.275. The molecule has 3 saturated heterocycles. The second-order valence-electron chi connectivity index (χ2n) is 11.7. The molecule has 3 aromatic rings. The summed E-state index contributed by atoms with van der Waals surface area (Å²) >= 11 is 1.40. The number of ether oxygens (including phenoxy) is 6. The highest BCUT2D eigenvalue weighted by Crippen LogP contribution is 2.54. The molecule has 1 unspecified atom stereocenters. The second kappa shape index (κ2) is 13.0. The fourth-order valence-electron chi connectivity index (χ4n) is 6.22. The van der Waals surface area contributed by atoms with E-state index in [-0.39, 0.29) is 19.8 Å². The Morgan fingerprint density at radius 3 is 2.13 bits per heavy atom. The van der Waals surface area contributed by atoms with Crippen molar-refractivity contribution in [1.82, 2.24) is 9.80 Å². The van der Waals surface area contributed by atoms with Crippen LogP contribution in [-0.2, 0) is 43.4 Å². The maximum Gasteiger partial charge on any atom is 0.420 e. The number of hydrogen-bond donors (Lipinski definition) is 0. The van der Waals surface area contributed by atoms with E-state index in [0.29, 0.717) is 12.4 Å². The highest BCUT2D eigenvalue weighted by atomic mass is 32.2. The molecular formula is C34H38N2O8S. The number of carbonyl (C=O) groups is 2. The van der Waals surface area contributed by atoms with Crippen LogP contribution in [0.3, 0.4) is 0 Å². The van der Waals surface area contributed by atoms with Gasteiger partial charge in [-0.2, -0.15) is 4.90 Å². The van der Waals surface area contributed by atoms with Crippen LogP contribution in [0, 0.1) is 0 Å². The number of hydrogen-bond acceptors (Lipinski definition) is 9. The number of methoxy groups -OCH3 is 1. The van der Waals surface area contributed by atoms with Gasteiger partial charge in [-0.05, 0) is 48.9 Å². The van der Waals surface area contributed by atoms with Crippen LogP contribution in [0.25, 0.3) is 0 Å². The van der Waals surface area contributed by atoms with Crippen LogP contribution in [0.2, 0.25) is 0 Å². The summed E-state index contributed by atoms with van der Waals surface area (Å²) in [5.74, 6) is -0.284. The first-order valence-electron chi connectivity index (χ1n) is 14.9. The molecule has 0 aromatic heterocycles.